The van der Waals surface area contributed by atoms with E-state index in [-0.39, 0.29) is 17.9 Å². The summed E-state index contributed by atoms with van der Waals surface area (Å²) in [5, 5.41) is 4.39. The van der Waals surface area contributed by atoms with Crippen LogP contribution in [0.5, 0.6) is 0 Å². The maximum atomic E-state index is 11.5. The summed E-state index contributed by atoms with van der Waals surface area (Å²) in [5.74, 6) is 1.18. The smallest absolute Gasteiger partial charge is 0.219 e. The van der Waals surface area contributed by atoms with E-state index in [0.717, 1.165) is 42.4 Å². The van der Waals surface area contributed by atoms with Crippen molar-refractivity contribution in [1.82, 2.24) is 24.6 Å². The second-order valence-electron chi connectivity index (χ2n) is 6.43. The number of amides is 1. The molecule has 1 amide bonds. The molecule has 6 nitrogen and oxygen atoms in total. The zero-order valence-electron chi connectivity index (χ0n) is 14.2. The molecule has 23 heavy (non-hydrogen) atoms. The summed E-state index contributed by atoms with van der Waals surface area (Å²) in [7, 11) is 0. The number of carbonyl (C=O) groups is 1. The van der Waals surface area contributed by atoms with Gasteiger partial charge in [0, 0.05) is 43.9 Å². The van der Waals surface area contributed by atoms with Crippen LogP contribution in [0.4, 0.5) is 0 Å². The van der Waals surface area contributed by atoms with Crippen LogP contribution in [0.2, 0.25) is 0 Å². The van der Waals surface area contributed by atoms with Gasteiger partial charge in [-0.15, -0.1) is 0 Å². The molecule has 2 aromatic heterocycles. The number of carbonyl (C=O) groups excluding carboxylic acids is 1. The van der Waals surface area contributed by atoms with Crippen LogP contribution in [-0.2, 0) is 4.79 Å². The molecular weight excluding hydrogens is 290 g/mol. The Bertz CT molecular complexity index is 722. The first kappa shape index (κ1) is 15.6. The fourth-order valence-corrected chi connectivity index (χ4v) is 3.15. The second-order valence-corrected chi connectivity index (χ2v) is 6.43. The minimum absolute atomic E-state index is 0.136. The molecule has 0 radical (unpaired) electrons. The Balaban J connectivity index is 1.94. The molecular formula is C17H23N5O. The van der Waals surface area contributed by atoms with Crippen LogP contribution in [0.1, 0.15) is 50.7 Å². The van der Waals surface area contributed by atoms with Crippen LogP contribution in [0, 0.1) is 6.92 Å². The predicted octanol–water partition coefficient (Wildman–Crippen LogP) is 2.57. The molecule has 1 atom stereocenters. The Morgan fingerprint density at radius 2 is 2.13 bits per heavy atom. The van der Waals surface area contributed by atoms with Crippen molar-refractivity contribution in [2.45, 2.75) is 46.1 Å². The van der Waals surface area contributed by atoms with E-state index >= 15 is 0 Å². The second kappa shape index (κ2) is 6.10. The molecule has 0 aliphatic carbocycles. The third kappa shape index (κ3) is 3.11. The lowest BCUT2D eigenvalue weighted by atomic mass is 10.0. The fourth-order valence-electron chi connectivity index (χ4n) is 3.15. The highest BCUT2D eigenvalue weighted by Crippen LogP contribution is 2.29. The van der Waals surface area contributed by atoms with E-state index in [4.69, 9.17) is 0 Å². The highest BCUT2D eigenvalue weighted by atomic mass is 16.2. The lowest BCUT2D eigenvalue weighted by Crippen LogP contribution is -2.25. The van der Waals surface area contributed by atoms with Gasteiger partial charge in [-0.3, -0.25) is 9.48 Å². The van der Waals surface area contributed by atoms with E-state index in [9.17, 15) is 4.79 Å². The van der Waals surface area contributed by atoms with Gasteiger partial charge in [-0.2, -0.15) is 5.10 Å². The normalized spacial score (nSPS) is 18.0. The average Bonchev–Trinajstić information content (AvgIpc) is 3.16. The van der Waals surface area contributed by atoms with Gasteiger partial charge in [0.05, 0.1) is 11.4 Å². The third-order valence-corrected chi connectivity index (χ3v) is 4.33. The summed E-state index contributed by atoms with van der Waals surface area (Å²) in [6.45, 7) is 9.30. The van der Waals surface area contributed by atoms with E-state index in [1.807, 2.05) is 22.6 Å². The molecule has 1 saturated heterocycles. The lowest BCUT2D eigenvalue weighted by molar-refractivity contribution is -0.127. The molecule has 3 rings (SSSR count). The van der Waals surface area contributed by atoms with Gasteiger partial charge in [-0.05, 0) is 39.3 Å². The molecule has 0 aromatic carbocycles. The number of hydrogen-bond donors (Lipinski definition) is 0. The molecule has 0 bridgehead atoms. The highest BCUT2D eigenvalue weighted by molar-refractivity contribution is 5.73. The minimum atomic E-state index is 0.136. The summed E-state index contributed by atoms with van der Waals surface area (Å²) in [4.78, 5) is 22.6. The minimum Gasteiger partial charge on any atom is -0.342 e. The molecule has 122 valence electrons. The topological polar surface area (TPSA) is 63.9 Å². The Hall–Kier alpha value is -2.24. The van der Waals surface area contributed by atoms with E-state index in [1.54, 1.807) is 13.1 Å². The number of aromatic nitrogens is 4. The maximum Gasteiger partial charge on any atom is 0.219 e. The monoisotopic (exact) mass is 313 g/mol. The van der Waals surface area contributed by atoms with Crippen molar-refractivity contribution in [3.05, 3.63) is 29.8 Å². The summed E-state index contributed by atoms with van der Waals surface area (Å²) in [6.07, 6.45) is 2.76. The van der Waals surface area contributed by atoms with Gasteiger partial charge in [-0.1, -0.05) is 0 Å². The third-order valence-electron chi connectivity index (χ3n) is 4.33. The molecule has 0 unspecified atom stereocenters. The molecule has 0 spiro atoms. The van der Waals surface area contributed by atoms with E-state index in [1.165, 1.54) is 0 Å². The van der Waals surface area contributed by atoms with Crippen LogP contribution in [0.25, 0.3) is 11.4 Å². The van der Waals surface area contributed by atoms with Crippen LogP contribution in [0.3, 0.4) is 0 Å². The number of likely N-dealkylation sites (tertiary alicyclic amines) is 1. The lowest BCUT2D eigenvalue weighted by Gasteiger charge is -2.15. The van der Waals surface area contributed by atoms with E-state index in [0.29, 0.717) is 0 Å². The van der Waals surface area contributed by atoms with Gasteiger partial charge in [0.1, 0.15) is 5.82 Å². The van der Waals surface area contributed by atoms with Gasteiger partial charge in [0.25, 0.3) is 0 Å². The number of rotatable bonds is 3. The molecule has 0 saturated carbocycles. The highest BCUT2D eigenvalue weighted by Gasteiger charge is 2.27. The summed E-state index contributed by atoms with van der Waals surface area (Å²) in [6, 6.07) is 4.32. The fraction of sp³-hybridized carbons (Fsp3) is 0.529. The van der Waals surface area contributed by atoms with Gasteiger partial charge >= 0.3 is 0 Å². The zero-order valence-corrected chi connectivity index (χ0v) is 14.2. The summed E-state index contributed by atoms with van der Waals surface area (Å²) >= 11 is 0. The van der Waals surface area contributed by atoms with Gasteiger partial charge in [0.2, 0.25) is 5.91 Å². The number of hydrogen-bond acceptors (Lipinski definition) is 4. The SMILES string of the molecule is CC(=O)N1CC[C@@H](c2cc(-c3ccnn3C(C)C)nc(C)n2)C1. The Kier molecular flexibility index (Phi) is 4.15. The molecule has 3 heterocycles. The van der Waals surface area contributed by atoms with Crippen LogP contribution < -0.4 is 0 Å². The zero-order chi connectivity index (χ0) is 16.6. The average molecular weight is 313 g/mol. The quantitative estimate of drug-likeness (QED) is 0.873. The first-order valence-corrected chi connectivity index (χ1v) is 8.10. The van der Waals surface area contributed by atoms with E-state index < -0.39 is 0 Å². The molecule has 6 heteroatoms. The maximum absolute atomic E-state index is 11.5. The molecule has 1 aliphatic heterocycles. The van der Waals surface area contributed by atoms with Crippen LogP contribution in [-0.4, -0.2) is 43.6 Å². The van der Waals surface area contributed by atoms with Crippen LogP contribution >= 0.6 is 0 Å². The Labute approximate surface area is 136 Å². The Morgan fingerprint density at radius 3 is 2.78 bits per heavy atom. The molecule has 1 fully saturated rings. The van der Waals surface area contributed by atoms with E-state index in [2.05, 4.69) is 35.0 Å². The first-order valence-electron chi connectivity index (χ1n) is 8.10. The number of aryl methyl sites for hydroxylation is 1. The van der Waals surface area contributed by atoms with Crippen molar-refractivity contribution >= 4 is 5.91 Å². The molecule has 2 aromatic rings. The van der Waals surface area contributed by atoms with Crippen molar-refractivity contribution < 1.29 is 4.79 Å². The van der Waals surface area contributed by atoms with Crippen molar-refractivity contribution in [2.75, 3.05) is 13.1 Å². The number of nitrogens with zero attached hydrogens (tertiary/aromatic N) is 5. The van der Waals surface area contributed by atoms with Gasteiger partial charge in [-0.25, -0.2) is 9.97 Å². The van der Waals surface area contributed by atoms with Crippen molar-refractivity contribution in [2.24, 2.45) is 0 Å². The van der Waals surface area contributed by atoms with Crippen molar-refractivity contribution in [3.63, 3.8) is 0 Å². The van der Waals surface area contributed by atoms with Crippen LogP contribution in [0.15, 0.2) is 18.3 Å². The summed E-state index contributed by atoms with van der Waals surface area (Å²) in [5.41, 5.74) is 2.93. The van der Waals surface area contributed by atoms with Crippen molar-refractivity contribution in [1.29, 1.82) is 0 Å². The Morgan fingerprint density at radius 1 is 1.35 bits per heavy atom. The van der Waals surface area contributed by atoms with Crippen molar-refractivity contribution in [3.8, 4) is 11.4 Å². The van der Waals surface area contributed by atoms with Gasteiger partial charge < -0.3 is 4.90 Å². The van der Waals surface area contributed by atoms with Gasteiger partial charge in [0.15, 0.2) is 0 Å². The standard InChI is InChI=1S/C17H23N5O/c1-11(2)22-17(5-7-18-22)16-9-15(19-12(3)20-16)14-6-8-21(10-14)13(4)23/h5,7,9,11,14H,6,8,10H2,1-4H3/t14-/m1/s1. The summed E-state index contributed by atoms with van der Waals surface area (Å²) < 4.78 is 1.97. The molecule has 1 aliphatic rings. The largest absolute Gasteiger partial charge is 0.342 e. The molecule has 0 N–H and O–H groups in total. The predicted molar refractivity (Wildman–Crippen MR) is 88.0 cm³/mol. The first-order chi connectivity index (χ1) is 11.0.